The minimum absolute atomic E-state index is 0.293. The van der Waals surface area contributed by atoms with E-state index in [4.69, 9.17) is 0 Å². The first-order valence-electron chi connectivity index (χ1n) is 8.09. The molecule has 0 radical (unpaired) electrons. The molecule has 1 aliphatic heterocycles. The fourth-order valence-corrected chi connectivity index (χ4v) is 4.15. The number of carbonyl (C=O) groups is 1. The molecule has 3 nitrogen and oxygen atoms in total. The van der Waals surface area contributed by atoms with E-state index in [9.17, 15) is 4.79 Å². The van der Waals surface area contributed by atoms with Gasteiger partial charge in [-0.2, -0.15) is 0 Å². The highest BCUT2D eigenvalue weighted by Crippen LogP contribution is 2.32. The van der Waals surface area contributed by atoms with Crippen LogP contribution in [0.15, 0.2) is 24.3 Å². The summed E-state index contributed by atoms with van der Waals surface area (Å²) in [6, 6.07) is 8.56. The number of aromatic nitrogens is 1. The van der Waals surface area contributed by atoms with Crippen LogP contribution in [0.25, 0.3) is 10.9 Å². The van der Waals surface area contributed by atoms with Gasteiger partial charge in [-0.25, -0.2) is 0 Å². The number of aryl methyl sites for hydroxylation is 1. The highest BCUT2D eigenvalue weighted by Gasteiger charge is 2.31. The van der Waals surface area contributed by atoms with Gasteiger partial charge >= 0.3 is 0 Å². The van der Waals surface area contributed by atoms with Crippen molar-refractivity contribution in [3.63, 3.8) is 0 Å². The lowest BCUT2D eigenvalue weighted by molar-refractivity contribution is -0.136. The van der Waals surface area contributed by atoms with Gasteiger partial charge in [-0.3, -0.25) is 4.79 Å². The van der Waals surface area contributed by atoms with Gasteiger partial charge < -0.3 is 9.47 Å². The maximum absolute atomic E-state index is 12.7. The van der Waals surface area contributed by atoms with E-state index in [2.05, 4.69) is 40.8 Å². The summed E-state index contributed by atoms with van der Waals surface area (Å²) in [6.07, 6.45) is 5.63. The van der Waals surface area contributed by atoms with Crippen molar-refractivity contribution in [1.29, 1.82) is 0 Å². The summed E-state index contributed by atoms with van der Waals surface area (Å²) in [4.78, 5) is 14.8. The first-order valence-corrected chi connectivity index (χ1v) is 8.09. The molecule has 4 rings (SSSR count). The molecule has 1 aromatic heterocycles. The molecule has 2 aromatic rings. The molecule has 0 atom stereocenters. The fraction of sp³-hybridized carbons (Fsp3) is 0.500. The van der Waals surface area contributed by atoms with Crippen molar-refractivity contribution in [2.75, 3.05) is 6.54 Å². The van der Waals surface area contributed by atoms with Gasteiger partial charge in [0.05, 0.1) is 0 Å². The second-order valence-corrected chi connectivity index (χ2v) is 6.49. The normalized spacial score (nSPS) is 19.2. The zero-order valence-electron chi connectivity index (χ0n) is 12.6. The highest BCUT2D eigenvalue weighted by molar-refractivity contribution is 5.87. The molecule has 2 heterocycles. The van der Waals surface area contributed by atoms with Crippen molar-refractivity contribution < 1.29 is 4.79 Å². The molecule has 1 saturated carbocycles. The van der Waals surface area contributed by atoms with Crippen molar-refractivity contribution in [2.24, 2.45) is 13.0 Å². The Morgan fingerprint density at radius 2 is 1.95 bits per heavy atom. The zero-order valence-corrected chi connectivity index (χ0v) is 12.6. The minimum Gasteiger partial charge on any atom is -0.347 e. The lowest BCUT2D eigenvalue weighted by Crippen LogP contribution is -2.39. The molecule has 2 aliphatic rings. The Bertz CT molecular complexity index is 695. The Labute approximate surface area is 125 Å². The van der Waals surface area contributed by atoms with Crippen LogP contribution in [-0.4, -0.2) is 21.9 Å². The number of fused-ring (bicyclic) bond motifs is 3. The van der Waals surface area contributed by atoms with Crippen LogP contribution in [-0.2, 0) is 24.8 Å². The Balaban J connectivity index is 1.68. The summed E-state index contributed by atoms with van der Waals surface area (Å²) in [5, 5.41) is 1.32. The molecule has 110 valence electrons. The maximum Gasteiger partial charge on any atom is 0.225 e. The van der Waals surface area contributed by atoms with Crippen LogP contribution >= 0.6 is 0 Å². The molecule has 1 fully saturated rings. The van der Waals surface area contributed by atoms with Gasteiger partial charge in [0.25, 0.3) is 0 Å². The first-order chi connectivity index (χ1) is 10.3. The molecule has 1 amide bonds. The lowest BCUT2D eigenvalue weighted by Gasteiger charge is -2.30. The van der Waals surface area contributed by atoms with Crippen molar-refractivity contribution in [3.05, 3.63) is 35.5 Å². The van der Waals surface area contributed by atoms with E-state index in [0.717, 1.165) is 32.4 Å². The second kappa shape index (κ2) is 4.90. The molecule has 1 aromatic carbocycles. The quantitative estimate of drug-likeness (QED) is 0.788. The van der Waals surface area contributed by atoms with Crippen LogP contribution in [0.1, 0.15) is 36.9 Å². The van der Waals surface area contributed by atoms with E-state index < -0.39 is 0 Å². The molecular weight excluding hydrogens is 260 g/mol. The third kappa shape index (κ3) is 1.98. The molecule has 1 aliphatic carbocycles. The highest BCUT2D eigenvalue weighted by atomic mass is 16.2. The number of hydrogen-bond donors (Lipinski definition) is 0. The van der Waals surface area contributed by atoms with Crippen molar-refractivity contribution in [2.45, 2.75) is 38.6 Å². The van der Waals surface area contributed by atoms with Gasteiger partial charge in [0.15, 0.2) is 0 Å². The summed E-state index contributed by atoms with van der Waals surface area (Å²) in [5.41, 5.74) is 4.06. The fourth-order valence-electron chi connectivity index (χ4n) is 4.15. The third-order valence-electron chi connectivity index (χ3n) is 5.33. The molecule has 21 heavy (non-hydrogen) atoms. The summed E-state index contributed by atoms with van der Waals surface area (Å²) in [6.45, 7) is 1.68. The number of benzene rings is 1. The average molecular weight is 282 g/mol. The van der Waals surface area contributed by atoms with Crippen molar-refractivity contribution >= 4 is 16.8 Å². The van der Waals surface area contributed by atoms with Crippen molar-refractivity contribution in [1.82, 2.24) is 9.47 Å². The predicted molar refractivity (Wildman–Crippen MR) is 84.0 cm³/mol. The predicted octanol–water partition coefficient (Wildman–Crippen LogP) is 3.25. The van der Waals surface area contributed by atoms with E-state index in [0.29, 0.717) is 11.8 Å². The van der Waals surface area contributed by atoms with Gasteiger partial charge in [-0.05, 0) is 18.9 Å². The smallest absolute Gasteiger partial charge is 0.225 e. The summed E-state index contributed by atoms with van der Waals surface area (Å²) >= 11 is 0. The lowest BCUT2D eigenvalue weighted by atomic mass is 10.0. The minimum atomic E-state index is 0.293. The summed E-state index contributed by atoms with van der Waals surface area (Å²) in [7, 11) is 2.15. The van der Waals surface area contributed by atoms with Gasteiger partial charge in [0, 0.05) is 54.6 Å². The number of amides is 1. The Hall–Kier alpha value is -1.77. The third-order valence-corrected chi connectivity index (χ3v) is 5.33. The Morgan fingerprint density at radius 1 is 1.19 bits per heavy atom. The van der Waals surface area contributed by atoms with E-state index in [1.165, 1.54) is 35.0 Å². The van der Waals surface area contributed by atoms with Gasteiger partial charge in [0.2, 0.25) is 5.91 Å². The summed E-state index contributed by atoms with van der Waals surface area (Å²) < 4.78 is 2.31. The Morgan fingerprint density at radius 3 is 2.76 bits per heavy atom. The molecule has 0 unspecified atom stereocenters. The maximum atomic E-state index is 12.7. The van der Waals surface area contributed by atoms with E-state index in [1.54, 1.807) is 0 Å². The number of nitrogens with zero attached hydrogens (tertiary/aromatic N) is 2. The monoisotopic (exact) mass is 282 g/mol. The Kier molecular flexibility index (Phi) is 3.02. The van der Waals surface area contributed by atoms with Crippen molar-refractivity contribution in [3.8, 4) is 0 Å². The van der Waals surface area contributed by atoms with Gasteiger partial charge in [0.1, 0.15) is 0 Å². The average Bonchev–Trinajstić information content (AvgIpc) is 3.15. The molecule has 0 bridgehead atoms. The van der Waals surface area contributed by atoms with E-state index in [-0.39, 0.29) is 0 Å². The van der Waals surface area contributed by atoms with E-state index >= 15 is 0 Å². The van der Waals surface area contributed by atoms with Crippen LogP contribution in [0.5, 0.6) is 0 Å². The first kappa shape index (κ1) is 12.9. The standard InChI is InChI=1S/C18H22N2O/c1-19-16-9-5-4-8-14(16)15-12-20(11-10-17(15)19)18(21)13-6-2-3-7-13/h4-5,8-9,13H,2-3,6-7,10-12H2,1H3. The largest absolute Gasteiger partial charge is 0.347 e. The summed E-state index contributed by atoms with van der Waals surface area (Å²) in [5.74, 6) is 0.688. The van der Waals surface area contributed by atoms with Crippen LogP contribution in [0.3, 0.4) is 0 Å². The zero-order chi connectivity index (χ0) is 14.4. The SMILES string of the molecule is Cn1c2c(c3ccccc31)CN(C(=O)C1CCCC1)CC2. The van der Waals surface area contributed by atoms with Crippen LogP contribution < -0.4 is 0 Å². The number of para-hydroxylation sites is 1. The van der Waals surface area contributed by atoms with Crippen LogP contribution in [0, 0.1) is 5.92 Å². The second-order valence-electron chi connectivity index (χ2n) is 6.49. The van der Waals surface area contributed by atoms with Crippen LogP contribution in [0.2, 0.25) is 0 Å². The van der Waals surface area contributed by atoms with Gasteiger partial charge in [-0.15, -0.1) is 0 Å². The molecule has 0 saturated heterocycles. The molecule has 0 spiro atoms. The molecule has 3 heteroatoms. The number of rotatable bonds is 1. The molecular formula is C18H22N2O. The molecule has 0 N–H and O–H groups in total. The number of hydrogen-bond acceptors (Lipinski definition) is 1. The van der Waals surface area contributed by atoms with E-state index in [1.807, 2.05) is 0 Å². The van der Waals surface area contributed by atoms with Gasteiger partial charge in [-0.1, -0.05) is 31.0 Å². The number of carbonyl (C=O) groups excluding carboxylic acids is 1. The van der Waals surface area contributed by atoms with Crippen LogP contribution in [0.4, 0.5) is 0 Å². The topological polar surface area (TPSA) is 25.2 Å².